The smallest absolute Gasteiger partial charge is 0.0569 e. The van der Waals surface area contributed by atoms with Gasteiger partial charge in [-0.2, -0.15) is 0 Å². The maximum Gasteiger partial charge on any atom is 0.0569 e. The summed E-state index contributed by atoms with van der Waals surface area (Å²) in [4.78, 5) is 0. The number of hydrogen-bond acceptors (Lipinski definition) is 2. The van der Waals surface area contributed by atoms with Crippen LogP contribution in [0.4, 0.5) is 11.4 Å². The molecule has 0 spiro atoms. The predicted molar refractivity (Wildman–Crippen MR) is 79.1 cm³/mol. The van der Waals surface area contributed by atoms with Crippen LogP contribution in [0.1, 0.15) is 22.3 Å². The van der Waals surface area contributed by atoms with Crippen molar-refractivity contribution in [1.82, 2.24) is 0 Å². The second kappa shape index (κ2) is 5.13. The van der Waals surface area contributed by atoms with Crippen molar-refractivity contribution in [1.29, 1.82) is 0 Å². The van der Waals surface area contributed by atoms with Gasteiger partial charge >= 0.3 is 0 Å². The van der Waals surface area contributed by atoms with E-state index in [9.17, 15) is 0 Å². The van der Waals surface area contributed by atoms with E-state index in [1.807, 2.05) is 0 Å². The van der Waals surface area contributed by atoms with E-state index in [1.54, 1.807) is 0 Å². The molecule has 0 aliphatic heterocycles. The van der Waals surface area contributed by atoms with Crippen LogP contribution in [0.15, 0.2) is 36.4 Å². The summed E-state index contributed by atoms with van der Waals surface area (Å²) in [7, 11) is 0. The van der Waals surface area contributed by atoms with Crippen LogP contribution in [0, 0.1) is 27.7 Å². The first-order chi connectivity index (χ1) is 8.56. The number of nitrogens with one attached hydrogen (secondary N) is 2. The third-order valence-electron chi connectivity index (χ3n) is 3.23. The van der Waals surface area contributed by atoms with Crippen LogP contribution in [0.3, 0.4) is 0 Å². The van der Waals surface area contributed by atoms with E-state index in [1.165, 1.54) is 22.3 Å². The van der Waals surface area contributed by atoms with Gasteiger partial charge in [-0.1, -0.05) is 23.8 Å². The van der Waals surface area contributed by atoms with Gasteiger partial charge in [0.25, 0.3) is 0 Å². The zero-order valence-electron chi connectivity index (χ0n) is 11.5. The summed E-state index contributed by atoms with van der Waals surface area (Å²) in [6.45, 7) is 8.46. The van der Waals surface area contributed by atoms with Crippen molar-refractivity contribution in [2.45, 2.75) is 27.7 Å². The summed E-state index contributed by atoms with van der Waals surface area (Å²) in [5, 5.41) is 0. The van der Waals surface area contributed by atoms with E-state index >= 15 is 0 Å². The molecule has 0 aromatic heterocycles. The Kier molecular flexibility index (Phi) is 3.56. The van der Waals surface area contributed by atoms with Gasteiger partial charge in [-0.3, -0.25) is 0 Å². The van der Waals surface area contributed by atoms with Gasteiger partial charge < -0.3 is 10.9 Å². The molecule has 0 unspecified atom stereocenters. The Balaban J connectivity index is 2.09. The van der Waals surface area contributed by atoms with Crippen LogP contribution in [0.25, 0.3) is 0 Å². The van der Waals surface area contributed by atoms with Crippen LogP contribution in [0.2, 0.25) is 0 Å². The third kappa shape index (κ3) is 2.83. The topological polar surface area (TPSA) is 24.1 Å². The first-order valence-electron chi connectivity index (χ1n) is 6.23. The van der Waals surface area contributed by atoms with Crippen molar-refractivity contribution in [3.63, 3.8) is 0 Å². The maximum atomic E-state index is 3.25. The molecule has 0 atom stereocenters. The summed E-state index contributed by atoms with van der Waals surface area (Å²) in [5.41, 5.74) is 13.8. The summed E-state index contributed by atoms with van der Waals surface area (Å²) < 4.78 is 0. The normalized spacial score (nSPS) is 10.2. The monoisotopic (exact) mass is 240 g/mol. The zero-order valence-corrected chi connectivity index (χ0v) is 11.5. The number of anilines is 2. The predicted octanol–water partition coefficient (Wildman–Crippen LogP) is 4.36. The third-order valence-corrected chi connectivity index (χ3v) is 3.23. The Labute approximate surface area is 109 Å². The van der Waals surface area contributed by atoms with Crippen molar-refractivity contribution in [2.24, 2.45) is 0 Å². The van der Waals surface area contributed by atoms with E-state index in [-0.39, 0.29) is 0 Å². The molecule has 2 aromatic rings. The molecule has 0 radical (unpaired) electrons. The van der Waals surface area contributed by atoms with Crippen LogP contribution >= 0.6 is 0 Å². The lowest BCUT2D eigenvalue weighted by Gasteiger charge is -2.13. The van der Waals surface area contributed by atoms with Crippen LogP contribution in [-0.2, 0) is 0 Å². The highest BCUT2D eigenvalue weighted by atomic mass is 15.4. The Morgan fingerprint density at radius 3 is 2.11 bits per heavy atom. The van der Waals surface area contributed by atoms with Gasteiger partial charge in [0.05, 0.1) is 11.4 Å². The van der Waals surface area contributed by atoms with Gasteiger partial charge in [-0.25, -0.2) is 0 Å². The molecule has 0 fully saturated rings. The summed E-state index contributed by atoms with van der Waals surface area (Å²) in [6, 6.07) is 12.7. The minimum Gasteiger partial charge on any atom is -0.301 e. The zero-order chi connectivity index (χ0) is 13.1. The van der Waals surface area contributed by atoms with Gasteiger partial charge in [0.2, 0.25) is 0 Å². The van der Waals surface area contributed by atoms with E-state index in [0.717, 1.165) is 11.4 Å². The number of rotatable bonds is 3. The molecule has 2 aromatic carbocycles. The van der Waals surface area contributed by atoms with Gasteiger partial charge in [0, 0.05) is 0 Å². The maximum absolute atomic E-state index is 3.25. The Bertz CT molecular complexity index is 559. The van der Waals surface area contributed by atoms with Crippen LogP contribution in [-0.4, -0.2) is 0 Å². The summed E-state index contributed by atoms with van der Waals surface area (Å²) in [5.74, 6) is 0. The molecule has 94 valence electrons. The molecule has 0 saturated heterocycles. The van der Waals surface area contributed by atoms with Crippen molar-refractivity contribution >= 4 is 11.4 Å². The fourth-order valence-corrected chi connectivity index (χ4v) is 1.91. The van der Waals surface area contributed by atoms with Crippen LogP contribution in [0.5, 0.6) is 0 Å². The van der Waals surface area contributed by atoms with Crippen LogP contribution < -0.4 is 10.9 Å². The molecule has 2 N–H and O–H groups in total. The lowest BCUT2D eigenvalue weighted by atomic mass is 10.1. The Morgan fingerprint density at radius 1 is 0.667 bits per heavy atom. The van der Waals surface area contributed by atoms with Gasteiger partial charge in [0.1, 0.15) is 0 Å². The fraction of sp³-hybridized carbons (Fsp3) is 0.250. The fourth-order valence-electron chi connectivity index (χ4n) is 1.91. The molecule has 0 aliphatic carbocycles. The molecule has 0 bridgehead atoms. The van der Waals surface area contributed by atoms with Crippen molar-refractivity contribution in [3.8, 4) is 0 Å². The average Bonchev–Trinajstić information content (AvgIpc) is 2.32. The molecular formula is C16H20N2. The number of benzene rings is 2. The quantitative estimate of drug-likeness (QED) is 0.779. The first kappa shape index (κ1) is 12.5. The summed E-state index contributed by atoms with van der Waals surface area (Å²) in [6.07, 6.45) is 0. The number of aryl methyl sites for hydroxylation is 4. The molecule has 0 amide bonds. The minimum absolute atomic E-state index is 1.08. The molecule has 2 rings (SSSR count). The van der Waals surface area contributed by atoms with Gasteiger partial charge in [0.15, 0.2) is 0 Å². The highest BCUT2D eigenvalue weighted by Crippen LogP contribution is 2.18. The second-order valence-electron chi connectivity index (χ2n) is 4.87. The molecule has 0 aliphatic rings. The van der Waals surface area contributed by atoms with Crippen molar-refractivity contribution < 1.29 is 0 Å². The molecule has 0 heterocycles. The summed E-state index contributed by atoms with van der Waals surface area (Å²) >= 11 is 0. The lowest BCUT2D eigenvalue weighted by Crippen LogP contribution is -2.09. The molecule has 2 heteroatoms. The van der Waals surface area contributed by atoms with Gasteiger partial charge in [-0.05, 0) is 62.6 Å². The van der Waals surface area contributed by atoms with E-state index in [4.69, 9.17) is 0 Å². The average molecular weight is 240 g/mol. The molecular weight excluding hydrogens is 220 g/mol. The molecule has 18 heavy (non-hydrogen) atoms. The molecule has 0 saturated carbocycles. The second-order valence-corrected chi connectivity index (χ2v) is 4.87. The number of hydrogen-bond donors (Lipinski definition) is 2. The minimum atomic E-state index is 1.08. The molecule has 2 nitrogen and oxygen atoms in total. The first-order valence-corrected chi connectivity index (χ1v) is 6.23. The van der Waals surface area contributed by atoms with E-state index in [2.05, 4.69) is 74.9 Å². The van der Waals surface area contributed by atoms with Gasteiger partial charge in [-0.15, -0.1) is 0 Å². The standard InChI is InChI=1S/C16H20N2/c1-11-5-8-16(14(4)9-11)18-17-15-7-6-12(2)13(3)10-15/h5-10,17-18H,1-4H3. The Morgan fingerprint density at radius 2 is 1.44 bits per heavy atom. The number of hydrazine groups is 1. The van der Waals surface area contributed by atoms with E-state index in [0.29, 0.717) is 0 Å². The highest BCUT2D eigenvalue weighted by molar-refractivity contribution is 5.58. The Hall–Kier alpha value is -1.96. The highest BCUT2D eigenvalue weighted by Gasteiger charge is 1.99. The largest absolute Gasteiger partial charge is 0.301 e. The van der Waals surface area contributed by atoms with Crippen molar-refractivity contribution in [2.75, 3.05) is 10.9 Å². The lowest BCUT2D eigenvalue weighted by molar-refractivity contribution is 1.30. The van der Waals surface area contributed by atoms with E-state index < -0.39 is 0 Å². The van der Waals surface area contributed by atoms with Crippen molar-refractivity contribution in [3.05, 3.63) is 58.7 Å². The SMILES string of the molecule is Cc1ccc(NNc2ccc(C)c(C)c2)c(C)c1.